The number of ether oxygens (including phenoxy) is 1. The molecule has 0 radical (unpaired) electrons. The molecular formula is C16H24N2O3S. The predicted molar refractivity (Wildman–Crippen MR) is 85.4 cm³/mol. The first kappa shape index (κ1) is 15.9. The molecule has 1 aromatic carbocycles. The fourth-order valence-electron chi connectivity index (χ4n) is 3.10. The van der Waals surface area contributed by atoms with E-state index in [4.69, 9.17) is 4.74 Å². The molecule has 2 fully saturated rings. The SMILES string of the molecule is Cc1ccc(S(=O)(=O)NC2CN(C3CCOCC3)C2)cc1C. The summed E-state index contributed by atoms with van der Waals surface area (Å²) in [5.41, 5.74) is 2.11. The van der Waals surface area contributed by atoms with Crippen molar-refractivity contribution in [3.8, 4) is 0 Å². The van der Waals surface area contributed by atoms with Crippen molar-refractivity contribution < 1.29 is 13.2 Å². The minimum absolute atomic E-state index is 0.0226. The Kier molecular flexibility index (Phi) is 4.54. The zero-order valence-electron chi connectivity index (χ0n) is 13.2. The second kappa shape index (κ2) is 6.28. The molecule has 0 bridgehead atoms. The molecule has 0 unspecified atom stereocenters. The van der Waals surface area contributed by atoms with E-state index < -0.39 is 10.0 Å². The van der Waals surface area contributed by atoms with Gasteiger partial charge in [-0.1, -0.05) is 6.07 Å². The van der Waals surface area contributed by atoms with Gasteiger partial charge in [-0.2, -0.15) is 0 Å². The third kappa shape index (κ3) is 3.35. The summed E-state index contributed by atoms with van der Waals surface area (Å²) in [6, 6.07) is 5.86. The van der Waals surface area contributed by atoms with Gasteiger partial charge in [0.25, 0.3) is 0 Å². The smallest absolute Gasteiger partial charge is 0.240 e. The van der Waals surface area contributed by atoms with Crippen LogP contribution < -0.4 is 4.72 Å². The Hall–Kier alpha value is -0.950. The van der Waals surface area contributed by atoms with E-state index in [1.807, 2.05) is 19.9 Å². The van der Waals surface area contributed by atoms with E-state index in [0.29, 0.717) is 10.9 Å². The maximum Gasteiger partial charge on any atom is 0.240 e. The minimum Gasteiger partial charge on any atom is -0.381 e. The molecule has 2 heterocycles. The molecule has 0 atom stereocenters. The van der Waals surface area contributed by atoms with Gasteiger partial charge in [0.1, 0.15) is 0 Å². The molecule has 2 aliphatic rings. The van der Waals surface area contributed by atoms with Crippen molar-refractivity contribution in [1.29, 1.82) is 0 Å². The first-order valence-electron chi connectivity index (χ1n) is 7.87. The van der Waals surface area contributed by atoms with Crippen molar-refractivity contribution in [2.75, 3.05) is 26.3 Å². The summed E-state index contributed by atoms with van der Waals surface area (Å²) in [6.45, 7) is 7.16. The zero-order chi connectivity index (χ0) is 15.7. The molecule has 3 rings (SSSR count). The van der Waals surface area contributed by atoms with Crippen LogP contribution in [0.1, 0.15) is 24.0 Å². The molecule has 1 N–H and O–H groups in total. The van der Waals surface area contributed by atoms with Crippen LogP contribution in [0.4, 0.5) is 0 Å². The van der Waals surface area contributed by atoms with Crippen molar-refractivity contribution in [2.45, 2.75) is 43.7 Å². The summed E-state index contributed by atoms with van der Waals surface area (Å²) in [4.78, 5) is 2.72. The highest BCUT2D eigenvalue weighted by Crippen LogP contribution is 2.22. The number of hydrogen-bond donors (Lipinski definition) is 1. The van der Waals surface area contributed by atoms with Crippen molar-refractivity contribution in [3.63, 3.8) is 0 Å². The Morgan fingerprint density at radius 1 is 1.14 bits per heavy atom. The maximum atomic E-state index is 12.4. The standard InChI is InChI=1S/C16H24N2O3S/c1-12-3-4-16(9-13(12)2)22(19,20)17-14-10-18(11-14)15-5-7-21-8-6-15/h3-4,9,14-15,17H,5-8,10-11H2,1-2H3. The van der Waals surface area contributed by atoms with Crippen LogP contribution in [0.3, 0.4) is 0 Å². The largest absolute Gasteiger partial charge is 0.381 e. The zero-order valence-corrected chi connectivity index (χ0v) is 14.0. The van der Waals surface area contributed by atoms with Gasteiger partial charge in [-0.25, -0.2) is 13.1 Å². The number of likely N-dealkylation sites (tertiary alicyclic amines) is 1. The van der Waals surface area contributed by atoms with Crippen molar-refractivity contribution in [1.82, 2.24) is 9.62 Å². The molecule has 2 aliphatic heterocycles. The lowest BCUT2D eigenvalue weighted by Crippen LogP contribution is -2.62. The van der Waals surface area contributed by atoms with Gasteiger partial charge in [0.05, 0.1) is 4.90 Å². The third-order valence-electron chi connectivity index (χ3n) is 4.73. The summed E-state index contributed by atoms with van der Waals surface area (Å²) < 4.78 is 33.1. The Labute approximate surface area is 132 Å². The van der Waals surface area contributed by atoms with Gasteiger partial charge in [-0.15, -0.1) is 0 Å². The first-order valence-corrected chi connectivity index (χ1v) is 9.35. The number of nitrogens with zero attached hydrogens (tertiary/aromatic N) is 1. The van der Waals surface area contributed by atoms with Gasteiger partial charge in [-0.05, 0) is 49.9 Å². The summed E-state index contributed by atoms with van der Waals surface area (Å²) in [7, 11) is -3.42. The lowest BCUT2D eigenvalue weighted by atomic mass is 10.0. The van der Waals surface area contributed by atoms with Crippen molar-refractivity contribution >= 4 is 10.0 Å². The normalized spacial score (nSPS) is 21.7. The van der Waals surface area contributed by atoms with Gasteiger partial charge in [0, 0.05) is 38.4 Å². The monoisotopic (exact) mass is 324 g/mol. The fraction of sp³-hybridized carbons (Fsp3) is 0.625. The van der Waals surface area contributed by atoms with Gasteiger partial charge < -0.3 is 4.74 Å². The van der Waals surface area contributed by atoms with Crippen molar-refractivity contribution in [2.24, 2.45) is 0 Å². The molecule has 2 saturated heterocycles. The Morgan fingerprint density at radius 2 is 1.82 bits per heavy atom. The van der Waals surface area contributed by atoms with Gasteiger partial charge in [0.2, 0.25) is 10.0 Å². The summed E-state index contributed by atoms with van der Waals surface area (Å²) in [6.07, 6.45) is 2.10. The number of sulfonamides is 1. The highest BCUT2D eigenvalue weighted by molar-refractivity contribution is 7.89. The highest BCUT2D eigenvalue weighted by atomic mass is 32.2. The predicted octanol–water partition coefficient (Wildman–Crippen LogP) is 1.44. The molecule has 0 aromatic heterocycles. The number of hydrogen-bond acceptors (Lipinski definition) is 4. The van der Waals surface area contributed by atoms with E-state index in [-0.39, 0.29) is 6.04 Å². The molecule has 0 saturated carbocycles. The molecule has 0 amide bonds. The first-order chi connectivity index (χ1) is 10.5. The summed E-state index contributed by atoms with van der Waals surface area (Å²) >= 11 is 0. The van der Waals surface area contributed by atoms with E-state index in [9.17, 15) is 8.42 Å². The molecular weight excluding hydrogens is 300 g/mol. The number of benzene rings is 1. The Bertz CT molecular complexity index is 633. The quantitative estimate of drug-likeness (QED) is 0.911. The van der Waals surface area contributed by atoms with Crippen LogP contribution in [0.2, 0.25) is 0 Å². The molecule has 1 aromatic rings. The Morgan fingerprint density at radius 3 is 2.45 bits per heavy atom. The van der Waals surface area contributed by atoms with Crippen LogP contribution in [-0.2, 0) is 14.8 Å². The minimum atomic E-state index is -3.42. The second-order valence-electron chi connectivity index (χ2n) is 6.36. The van der Waals surface area contributed by atoms with Crippen LogP contribution in [0.25, 0.3) is 0 Å². The van der Waals surface area contributed by atoms with Crippen LogP contribution in [0.15, 0.2) is 23.1 Å². The Balaban J connectivity index is 1.58. The molecule has 0 spiro atoms. The number of rotatable bonds is 4. The summed E-state index contributed by atoms with van der Waals surface area (Å²) in [5, 5.41) is 0. The fourth-order valence-corrected chi connectivity index (χ4v) is 4.41. The molecule has 6 heteroatoms. The average Bonchev–Trinajstić information content (AvgIpc) is 2.46. The van der Waals surface area contributed by atoms with Crippen LogP contribution in [-0.4, -0.2) is 51.7 Å². The van der Waals surface area contributed by atoms with E-state index in [1.54, 1.807) is 12.1 Å². The van der Waals surface area contributed by atoms with Crippen LogP contribution in [0, 0.1) is 13.8 Å². The number of nitrogens with one attached hydrogen (secondary N) is 1. The second-order valence-corrected chi connectivity index (χ2v) is 8.08. The van der Waals surface area contributed by atoms with E-state index in [0.717, 1.165) is 50.3 Å². The summed E-state index contributed by atoms with van der Waals surface area (Å²) in [5.74, 6) is 0. The van der Waals surface area contributed by atoms with Crippen molar-refractivity contribution in [3.05, 3.63) is 29.3 Å². The van der Waals surface area contributed by atoms with Gasteiger partial charge in [0.15, 0.2) is 0 Å². The number of aryl methyl sites for hydroxylation is 2. The van der Waals surface area contributed by atoms with E-state index >= 15 is 0 Å². The molecule has 0 aliphatic carbocycles. The topological polar surface area (TPSA) is 58.6 Å². The van der Waals surface area contributed by atoms with Crippen LogP contribution >= 0.6 is 0 Å². The lowest BCUT2D eigenvalue weighted by Gasteiger charge is -2.45. The molecule has 5 nitrogen and oxygen atoms in total. The van der Waals surface area contributed by atoms with Gasteiger partial charge in [-0.3, -0.25) is 4.90 Å². The molecule has 122 valence electrons. The van der Waals surface area contributed by atoms with E-state index in [2.05, 4.69) is 9.62 Å². The highest BCUT2D eigenvalue weighted by Gasteiger charge is 2.35. The van der Waals surface area contributed by atoms with Crippen LogP contribution in [0.5, 0.6) is 0 Å². The maximum absolute atomic E-state index is 12.4. The van der Waals surface area contributed by atoms with Gasteiger partial charge >= 0.3 is 0 Å². The molecule has 22 heavy (non-hydrogen) atoms. The average molecular weight is 324 g/mol. The van der Waals surface area contributed by atoms with E-state index in [1.165, 1.54) is 0 Å². The third-order valence-corrected chi connectivity index (χ3v) is 6.25. The lowest BCUT2D eigenvalue weighted by molar-refractivity contribution is 0.000324.